The SMILES string of the molecule is COC(=O)N1CCC[C@H](NS(C)(=O)=O)[C@@H]1CO[C@H]1CC[C@@H](c2ccccc2C(F)(F)F)CC1. The van der Waals surface area contributed by atoms with Crippen molar-refractivity contribution in [1.29, 1.82) is 0 Å². The van der Waals surface area contributed by atoms with Crippen molar-refractivity contribution < 1.29 is 35.9 Å². The molecule has 11 heteroatoms. The maximum absolute atomic E-state index is 13.4. The first-order valence-electron chi connectivity index (χ1n) is 11.1. The van der Waals surface area contributed by atoms with Gasteiger partial charge in [0, 0.05) is 12.6 Å². The lowest BCUT2D eigenvalue weighted by Crippen LogP contribution is -2.59. The van der Waals surface area contributed by atoms with Gasteiger partial charge in [0.25, 0.3) is 0 Å². The summed E-state index contributed by atoms with van der Waals surface area (Å²) in [4.78, 5) is 13.7. The summed E-state index contributed by atoms with van der Waals surface area (Å²) in [7, 11) is -2.21. The van der Waals surface area contributed by atoms with E-state index in [2.05, 4.69) is 4.72 Å². The van der Waals surface area contributed by atoms with Gasteiger partial charge >= 0.3 is 12.3 Å². The van der Waals surface area contributed by atoms with Crippen molar-refractivity contribution in [2.75, 3.05) is 26.5 Å². The zero-order valence-electron chi connectivity index (χ0n) is 18.8. The normalized spacial score (nSPS) is 26.8. The van der Waals surface area contributed by atoms with Crippen molar-refractivity contribution in [2.45, 2.75) is 68.8 Å². The second-order valence-electron chi connectivity index (χ2n) is 8.76. The Morgan fingerprint density at radius 1 is 1.15 bits per heavy atom. The lowest BCUT2D eigenvalue weighted by Gasteiger charge is -2.41. The molecular weight excluding hydrogens is 461 g/mol. The summed E-state index contributed by atoms with van der Waals surface area (Å²) in [5, 5.41) is 0. The van der Waals surface area contributed by atoms with E-state index in [1.807, 2.05) is 0 Å². The standard InChI is InChI=1S/C22H31F3N2O5S/c1-31-21(28)27-13-5-8-19(26-33(2,29)30)20(27)14-32-16-11-9-15(10-12-16)17-6-3-4-7-18(17)22(23,24)25/h3-4,6-7,15-16,19-20,26H,5,8-14H2,1-2H3/t15-,16+,19-,20-/m0/s1. The van der Waals surface area contributed by atoms with Crippen molar-refractivity contribution in [3.8, 4) is 0 Å². The molecule has 0 aromatic heterocycles. The zero-order valence-corrected chi connectivity index (χ0v) is 19.6. The average Bonchev–Trinajstić information content (AvgIpc) is 2.76. The van der Waals surface area contributed by atoms with Crippen LogP contribution in [0.5, 0.6) is 0 Å². The van der Waals surface area contributed by atoms with Crippen LogP contribution < -0.4 is 4.72 Å². The fourth-order valence-corrected chi connectivity index (χ4v) is 5.73. The van der Waals surface area contributed by atoms with Gasteiger partial charge in [-0.05, 0) is 56.1 Å². The Kier molecular flexibility index (Phi) is 8.28. The molecule has 2 aliphatic rings. The van der Waals surface area contributed by atoms with E-state index in [1.54, 1.807) is 12.1 Å². The summed E-state index contributed by atoms with van der Waals surface area (Å²) in [6.45, 7) is 0.556. The van der Waals surface area contributed by atoms with Crippen LogP contribution in [0.1, 0.15) is 55.6 Å². The minimum atomic E-state index is -4.39. The summed E-state index contributed by atoms with van der Waals surface area (Å²) in [6.07, 6.45) is -0.528. The van der Waals surface area contributed by atoms with Crippen LogP contribution in [-0.4, -0.2) is 64.1 Å². The van der Waals surface area contributed by atoms with Gasteiger partial charge < -0.3 is 14.4 Å². The molecule has 2 atom stereocenters. The molecule has 1 N–H and O–H groups in total. The fourth-order valence-electron chi connectivity index (χ4n) is 4.91. The maximum Gasteiger partial charge on any atom is 0.416 e. The monoisotopic (exact) mass is 492 g/mol. The van der Waals surface area contributed by atoms with Gasteiger partial charge in [-0.25, -0.2) is 17.9 Å². The van der Waals surface area contributed by atoms with Crippen LogP contribution in [0.3, 0.4) is 0 Å². The number of nitrogens with zero attached hydrogens (tertiary/aromatic N) is 1. The first-order chi connectivity index (χ1) is 15.5. The first-order valence-corrected chi connectivity index (χ1v) is 13.0. The third-order valence-electron chi connectivity index (χ3n) is 6.44. The number of rotatable bonds is 6. The Balaban J connectivity index is 1.63. The second kappa shape index (κ2) is 10.6. The van der Waals surface area contributed by atoms with Crippen molar-refractivity contribution in [1.82, 2.24) is 9.62 Å². The molecule has 186 valence electrons. The molecule has 0 spiro atoms. The van der Waals surface area contributed by atoms with Crippen LogP contribution in [0, 0.1) is 0 Å². The molecular formula is C22H31F3N2O5S. The van der Waals surface area contributed by atoms with E-state index >= 15 is 0 Å². The van der Waals surface area contributed by atoms with E-state index in [1.165, 1.54) is 18.1 Å². The summed E-state index contributed by atoms with van der Waals surface area (Å²) in [5.41, 5.74) is -0.259. The quantitative estimate of drug-likeness (QED) is 0.651. The average molecular weight is 493 g/mol. The summed E-state index contributed by atoms with van der Waals surface area (Å²) < 4.78 is 77.2. The van der Waals surface area contributed by atoms with Crippen molar-refractivity contribution >= 4 is 16.1 Å². The molecule has 1 heterocycles. The van der Waals surface area contributed by atoms with Gasteiger partial charge in [0.05, 0.1) is 37.7 Å². The number of amides is 1. The van der Waals surface area contributed by atoms with E-state index in [9.17, 15) is 26.4 Å². The number of ether oxygens (including phenoxy) is 2. The number of hydrogen-bond donors (Lipinski definition) is 1. The topological polar surface area (TPSA) is 84.9 Å². The second-order valence-corrected chi connectivity index (χ2v) is 10.5. The van der Waals surface area contributed by atoms with E-state index in [-0.39, 0.29) is 18.6 Å². The van der Waals surface area contributed by atoms with Gasteiger partial charge in [0.2, 0.25) is 10.0 Å². The summed E-state index contributed by atoms with van der Waals surface area (Å²) in [5.74, 6) is -0.191. The van der Waals surface area contributed by atoms with Gasteiger partial charge in [0.15, 0.2) is 0 Å². The minimum absolute atomic E-state index is 0.122. The highest BCUT2D eigenvalue weighted by Crippen LogP contribution is 2.41. The van der Waals surface area contributed by atoms with Crippen molar-refractivity contribution in [3.63, 3.8) is 0 Å². The van der Waals surface area contributed by atoms with Crippen LogP contribution in [0.2, 0.25) is 0 Å². The number of sulfonamides is 1. The number of benzene rings is 1. The third-order valence-corrected chi connectivity index (χ3v) is 7.17. The molecule has 0 unspecified atom stereocenters. The molecule has 3 rings (SSSR count). The predicted octanol–water partition coefficient (Wildman–Crippen LogP) is 3.90. The lowest BCUT2D eigenvalue weighted by molar-refractivity contribution is -0.138. The van der Waals surface area contributed by atoms with Crippen LogP contribution in [0.25, 0.3) is 0 Å². The van der Waals surface area contributed by atoms with E-state index in [4.69, 9.17) is 9.47 Å². The Labute approximate surface area is 192 Å². The number of carbonyl (C=O) groups is 1. The molecule has 1 aliphatic heterocycles. The predicted molar refractivity (Wildman–Crippen MR) is 116 cm³/mol. The highest BCUT2D eigenvalue weighted by Gasteiger charge is 2.38. The number of likely N-dealkylation sites (tertiary alicyclic amines) is 1. The highest BCUT2D eigenvalue weighted by atomic mass is 32.2. The lowest BCUT2D eigenvalue weighted by atomic mass is 9.81. The Morgan fingerprint density at radius 2 is 1.82 bits per heavy atom. The molecule has 1 aromatic carbocycles. The minimum Gasteiger partial charge on any atom is -0.453 e. The Morgan fingerprint density at radius 3 is 2.42 bits per heavy atom. The summed E-state index contributed by atoms with van der Waals surface area (Å²) >= 11 is 0. The van der Waals surface area contributed by atoms with Crippen LogP contribution >= 0.6 is 0 Å². The van der Waals surface area contributed by atoms with Gasteiger partial charge in [-0.15, -0.1) is 0 Å². The molecule has 7 nitrogen and oxygen atoms in total. The molecule has 0 radical (unpaired) electrons. The molecule has 33 heavy (non-hydrogen) atoms. The Bertz CT molecular complexity index is 917. The molecule has 0 bridgehead atoms. The molecule has 1 amide bonds. The zero-order chi connectivity index (χ0) is 24.2. The molecule has 1 aliphatic carbocycles. The van der Waals surface area contributed by atoms with Gasteiger partial charge in [-0.2, -0.15) is 13.2 Å². The molecule has 2 fully saturated rings. The fraction of sp³-hybridized carbons (Fsp3) is 0.682. The van der Waals surface area contributed by atoms with Gasteiger partial charge in [-0.3, -0.25) is 0 Å². The number of alkyl halides is 3. The Hall–Kier alpha value is -1.85. The maximum atomic E-state index is 13.4. The van der Waals surface area contributed by atoms with E-state index in [0.717, 1.165) is 12.3 Å². The number of hydrogen-bond acceptors (Lipinski definition) is 5. The number of carbonyl (C=O) groups excluding carboxylic acids is 1. The molecule has 1 aromatic rings. The number of methoxy groups -OCH3 is 1. The van der Waals surface area contributed by atoms with Crippen molar-refractivity contribution in [3.05, 3.63) is 35.4 Å². The van der Waals surface area contributed by atoms with Gasteiger partial charge in [-0.1, -0.05) is 18.2 Å². The van der Waals surface area contributed by atoms with E-state index < -0.39 is 39.9 Å². The first kappa shape index (κ1) is 25.8. The van der Waals surface area contributed by atoms with E-state index in [0.29, 0.717) is 50.6 Å². The highest BCUT2D eigenvalue weighted by molar-refractivity contribution is 7.88. The number of piperidine rings is 1. The van der Waals surface area contributed by atoms with Crippen LogP contribution in [-0.2, 0) is 25.7 Å². The smallest absolute Gasteiger partial charge is 0.416 e. The van der Waals surface area contributed by atoms with Crippen LogP contribution in [0.15, 0.2) is 24.3 Å². The number of halogens is 3. The molecule has 1 saturated heterocycles. The van der Waals surface area contributed by atoms with Gasteiger partial charge in [0.1, 0.15) is 0 Å². The largest absolute Gasteiger partial charge is 0.453 e. The van der Waals surface area contributed by atoms with Crippen molar-refractivity contribution in [2.24, 2.45) is 0 Å². The number of nitrogens with one attached hydrogen (secondary N) is 1. The molecule has 1 saturated carbocycles. The summed E-state index contributed by atoms with van der Waals surface area (Å²) in [6, 6.07) is 4.68. The third kappa shape index (κ3) is 6.83. The van der Waals surface area contributed by atoms with Crippen LogP contribution in [0.4, 0.5) is 18.0 Å².